The maximum atomic E-state index is 12.2. The second-order valence-corrected chi connectivity index (χ2v) is 4.52. The lowest BCUT2D eigenvalue weighted by Crippen LogP contribution is -2.34. The number of pyridine rings is 1. The first kappa shape index (κ1) is 13.3. The molecule has 0 bridgehead atoms. The van der Waals surface area contributed by atoms with Crippen molar-refractivity contribution < 1.29 is 4.79 Å². The number of likely N-dealkylation sites (N-methyl/N-ethyl adjacent to an activating group) is 1. The van der Waals surface area contributed by atoms with E-state index < -0.39 is 0 Å². The molecule has 0 spiro atoms. The first-order chi connectivity index (χ1) is 9.18. The van der Waals surface area contributed by atoms with Gasteiger partial charge >= 0.3 is 0 Å². The Balaban J connectivity index is 1.89. The van der Waals surface area contributed by atoms with Crippen LogP contribution in [-0.2, 0) is 11.2 Å². The summed E-state index contributed by atoms with van der Waals surface area (Å²) in [5, 5.41) is 0. The minimum absolute atomic E-state index is 0.0777. The standard InChI is InChI=1S/C14H18N4O/c1-12(18-10-8-15-11-18)14(19)17(2)9-6-13-5-3-4-7-16-13/h3-5,7-8,10-12H,6,9H2,1-2H3/t12-/m0/s1. The van der Waals surface area contributed by atoms with E-state index in [9.17, 15) is 4.79 Å². The van der Waals surface area contributed by atoms with E-state index >= 15 is 0 Å². The zero-order valence-corrected chi connectivity index (χ0v) is 11.2. The third-order valence-corrected chi connectivity index (χ3v) is 3.14. The molecule has 0 fully saturated rings. The van der Waals surface area contributed by atoms with E-state index in [-0.39, 0.29) is 11.9 Å². The highest BCUT2D eigenvalue weighted by atomic mass is 16.2. The number of imidazole rings is 1. The predicted molar refractivity (Wildman–Crippen MR) is 72.5 cm³/mol. The summed E-state index contributed by atoms with van der Waals surface area (Å²) in [5.41, 5.74) is 0.998. The fourth-order valence-electron chi connectivity index (χ4n) is 1.88. The average molecular weight is 258 g/mol. The Morgan fingerprint density at radius 2 is 2.26 bits per heavy atom. The van der Waals surface area contributed by atoms with Gasteiger partial charge in [-0.2, -0.15) is 0 Å². The maximum absolute atomic E-state index is 12.2. The van der Waals surface area contributed by atoms with E-state index in [1.54, 1.807) is 34.4 Å². The maximum Gasteiger partial charge on any atom is 0.245 e. The van der Waals surface area contributed by atoms with Gasteiger partial charge in [-0.1, -0.05) is 6.07 Å². The molecule has 0 aliphatic rings. The van der Waals surface area contributed by atoms with Gasteiger partial charge in [0.2, 0.25) is 5.91 Å². The van der Waals surface area contributed by atoms with Gasteiger partial charge in [0.25, 0.3) is 0 Å². The van der Waals surface area contributed by atoms with Crippen molar-refractivity contribution >= 4 is 5.91 Å². The Labute approximate surface area is 112 Å². The van der Waals surface area contributed by atoms with Gasteiger partial charge < -0.3 is 9.47 Å². The van der Waals surface area contributed by atoms with Crippen LogP contribution >= 0.6 is 0 Å². The molecule has 2 heterocycles. The van der Waals surface area contributed by atoms with Crippen LogP contribution in [-0.4, -0.2) is 38.9 Å². The van der Waals surface area contributed by atoms with Crippen LogP contribution in [0, 0.1) is 0 Å². The van der Waals surface area contributed by atoms with Gasteiger partial charge in [0.15, 0.2) is 0 Å². The Morgan fingerprint density at radius 3 is 2.89 bits per heavy atom. The van der Waals surface area contributed by atoms with Gasteiger partial charge in [0, 0.05) is 44.3 Å². The molecule has 0 aliphatic heterocycles. The Bertz CT molecular complexity index is 510. The average Bonchev–Trinajstić information content (AvgIpc) is 2.98. The molecule has 100 valence electrons. The second-order valence-electron chi connectivity index (χ2n) is 4.52. The van der Waals surface area contributed by atoms with Crippen molar-refractivity contribution in [1.82, 2.24) is 19.4 Å². The SMILES string of the molecule is C[C@@H](C(=O)N(C)CCc1ccccn1)n1ccnc1. The molecule has 19 heavy (non-hydrogen) atoms. The summed E-state index contributed by atoms with van der Waals surface area (Å²) in [6.45, 7) is 2.54. The van der Waals surface area contributed by atoms with Gasteiger partial charge in [0.1, 0.15) is 6.04 Å². The molecule has 0 unspecified atom stereocenters. The number of hydrogen-bond acceptors (Lipinski definition) is 3. The third-order valence-electron chi connectivity index (χ3n) is 3.14. The van der Waals surface area contributed by atoms with Crippen molar-refractivity contribution in [2.45, 2.75) is 19.4 Å². The largest absolute Gasteiger partial charge is 0.344 e. The van der Waals surface area contributed by atoms with Crippen LogP contribution in [0.2, 0.25) is 0 Å². The third kappa shape index (κ3) is 3.40. The number of carbonyl (C=O) groups is 1. The molecule has 5 heteroatoms. The second kappa shape index (κ2) is 6.13. The molecule has 0 saturated carbocycles. The summed E-state index contributed by atoms with van der Waals surface area (Å²) in [7, 11) is 1.82. The highest BCUT2D eigenvalue weighted by Crippen LogP contribution is 2.08. The fourth-order valence-corrected chi connectivity index (χ4v) is 1.88. The summed E-state index contributed by atoms with van der Waals surface area (Å²) in [5.74, 6) is 0.0777. The number of rotatable bonds is 5. The highest BCUT2D eigenvalue weighted by Gasteiger charge is 2.18. The van der Waals surface area contributed by atoms with Crippen LogP contribution in [0.4, 0.5) is 0 Å². The molecule has 1 amide bonds. The number of aromatic nitrogens is 3. The monoisotopic (exact) mass is 258 g/mol. The lowest BCUT2D eigenvalue weighted by molar-refractivity contribution is -0.132. The summed E-state index contributed by atoms with van der Waals surface area (Å²) in [6.07, 6.45) is 7.67. The normalized spacial score (nSPS) is 12.1. The Morgan fingerprint density at radius 1 is 1.42 bits per heavy atom. The highest BCUT2D eigenvalue weighted by molar-refractivity contribution is 5.79. The molecule has 2 rings (SSSR count). The first-order valence-corrected chi connectivity index (χ1v) is 6.31. The van der Waals surface area contributed by atoms with E-state index in [1.807, 2.05) is 32.2 Å². The predicted octanol–water partition coefficient (Wildman–Crippen LogP) is 1.54. The van der Waals surface area contributed by atoms with Gasteiger partial charge in [0.05, 0.1) is 6.33 Å². The summed E-state index contributed by atoms with van der Waals surface area (Å²) in [4.78, 5) is 22.2. The molecule has 2 aromatic heterocycles. The van der Waals surface area contributed by atoms with Crippen molar-refractivity contribution in [3.05, 3.63) is 48.8 Å². The first-order valence-electron chi connectivity index (χ1n) is 6.31. The Kier molecular flexibility index (Phi) is 4.28. The number of hydrogen-bond donors (Lipinski definition) is 0. The van der Waals surface area contributed by atoms with Crippen LogP contribution in [0.25, 0.3) is 0 Å². The fraction of sp³-hybridized carbons (Fsp3) is 0.357. The van der Waals surface area contributed by atoms with E-state index in [4.69, 9.17) is 0 Å². The van der Waals surface area contributed by atoms with Crippen molar-refractivity contribution in [3.63, 3.8) is 0 Å². The molecular weight excluding hydrogens is 240 g/mol. The number of nitrogens with zero attached hydrogens (tertiary/aromatic N) is 4. The zero-order chi connectivity index (χ0) is 13.7. The van der Waals surface area contributed by atoms with Crippen LogP contribution < -0.4 is 0 Å². The van der Waals surface area contributed by atoms with Crippen LogP contribution in [0.3, 0.4) is 0 Å². The van der Waals surface area contributed by atoms with Gasteiger partial charge in [-0.25, -0.2) is 4.98 Å². The van der Waals surface area contributed by atoms with Crippen molar-refractivity contribution in [2.75, 3.05) is 13.6 Å². The van der Waals surface area contributed by atoms with Crippen LogP contribution in [0.5, 0.6) is 0 Å². The molecule has 0 aliphatic carbocycles. The lowest BCUT2D eigenvalue weighted by atomic mass is 10.2. The molecule has 0 saturated heterocycles. The van der Waals surface area contributed by atoms with Gasteiger partial charge in [-0.15, -0.1) is 0 Å². The minimum Gasteiger partial charge on any atom is -0.344 e. The van der Waals surface area contributed by atoms with Crippen molar-refractivity contribution in [1.29, 1.82) is 0 Å². The summed E-state index contributed by atoms with van der Waals surface area (Å²) >= 11 is 0. The topological polar surface area (TPSA) is 51.0 Å². The Hall–Kier alpha value is -2.17. The summed E-state index contributed by atoms with van der Waals surface area (Å²) in [6, 6.07) is 5.59. The summed E-state index contributed by atoms with van der Waals surface area (Å²) < 4.78 is 1.81. The molecule has 0 radical (unpaired) electrons. The van der Waals surface area contributed by atoms with E-state index in [2.05, 4.69) is 9.97 Å². The lowest BCUT2D eigenvalue weighted by Gasteiger charge is -2.21. The zero-order valence-electron chi connectivity index (χ0n) is 11.2. The molecule has 0 N–H and O–H groups in total. The van der Waals surface area contributed by atoms with Gasteiger partial charge in [-0.05, 0) is 19.1 Å². The van der Waals surface area contributed by atoms with Gasteiger partial charge in [-0.3, -0.25) is 9.78 Å². The van der Waals surface area contributed by atoms with E-state index in [1.165, 1.54) is 0 Å². The molecular formula is C14H18N4O. The van der Waals surface area contributed by atoms with Crippen LogP contribution in [0.1, 0.15) is 18.7 Å². The van der Waals surface area contributed by atoms with Crippen molar-refractivity contribution in [3.8, 4) is 0 Å². The molecule has 1 atom stereocenters. The van der Waals surface area contributed by atoms with E-state index in [0.29, 0.717) is 6.54 Å². The number of amides is 1. The van der Waals surface area contributed by atoms with E-state index in [0.717, 1.165) is 12.1 Å². The van der Waals surface area contributed by atoms with Crippen LogP contribution in [0.15, 0.2) is 43.1 Å². The molecule has 2 aromatic rings. The molecule has 5 nitrogen and oxygen atoms in total. The minimum atomic E-state index is -0.226. The quantitative estimate of drug-likeness (QED) is 0.817. The smallest absolute Gasteiger partial charge is 0.245 e. The van der Waals surface area contributed by atoms with Crippen molar-refractivity contribution in [2.24, 2.45) is 0 Å². The molecule has 0 aromatic carbocycles. The number of carbonyl (C=O) groups excluding carboxylic acids is 1.